The van der Waals surface area contributed by atoms with Crippen LogP contribution in [0.2, 0.25) is 0 Å². The van der Waals surface area contributed by atoms with Crippen molar-refractivity contribution in [2.24, 2.45) is 4.99 Å². The zero-order valence-corrected chi connectivity index (χ0v) is 17.8. The van der Waals surface area contributed by atoms with Gasteiger partial charge in [0.15, 0.2) is 17.5 Å². The van der Waals surface area contributed by atoms with Crippen LogP contribution in [-0.2, 0) is 6.54 Å². The number of benzene rings is 1. The minimum absolute atomic E-state index is 0. The molecule has 0 fully saturated rings. The first-order valence-corrected chi connectivity index (χ1v) is 8.70. The molecule has 25 heavy (non-hydrogen) atoms. The fraction of sp³-hybridized carbons (Fsp3) is 0.412. The van der Waals surface area contributed by atoms with Crippen LogP contribution in [0.5, 0.6) is 5.75 Å². The molecule has 0 unspecified atom stereocenters. The molecule has 2 rings (SSSR count). The van der Waals surface area contributed by atoms with Crippen LogP contribution in [0.1, 0.15) is 16.8 Å². The summed E-state index contributed by atoms with van der Waals surface area (Å²) in [5, 5.41) is 4.23. The molecule has 0 amide bonds. The van der Waals surface area contributed by atoms with Crippen LogP contribution >= 0.6 is 35.3 Å². The van der Waals surface area contributed by atoms with Crippen LogP contribution in [0.4, 0.5) is 4.39 Å². The highest BCUT2D eigenvalue weighted by atomic mass is 127. The summed E-state index contributed by atoms with van der Waals surface area (Å²) in [5.74, 6) is 0.702. The third kappa shape index (κ3) is 7.15. The van der Waals surface area contributed by atoms with Gasteiger partial charge in [-0.3, -0.25) is 0 Å². The highest BCUT2D eigenvalue weighted by Crippen LogP contribution is 2.15. The first-order valence-electron chi connectivity index (χ1n) is 7.88. The topological polar surface area (TPSA) is 49.8 Å². The van der Waals surface area contributed by atoms with E-state index in [0.29, 0.717) is 19.7 Å². The molecule has 0 aliphatic carbocycles. The number of guanidine groups is 1. The molecule has 0 radical (unpaired) electrons. The van der Waals surface area contributed by atoms with E-state index in [0.717, 1.165) is 17.5 Å². The molecule has 0 aliphatic heterocycles. The Balaban J connectivity index is 0.00000312. The van der Waals surface area contributed by atoms with Crippen molar-refractivity contribution in [2.75, 3.05) is 26.7 Å². The lowest BCUT2D eigenvalue weighted by Crippen LogP contribution is -2.40. The monoisotopic (exact) mass is 478 g/mol. The van der Waals surface area contributed by atoms with Crippen LogP contribution < -0.4 is 10.1 Å². The number of nitrogens with one attached hydrogen (secondary N) is 1. The zero-order valence-electron chi connectivity index (χ0n) is 14.7. The summed E-state index contributed by atoms with van der Waals surface area (Å²) in [6.07, 6.45) is 1.86. The molecule has 1 aromatic carbocycles. The molecule has 5 nitrogen and oxygen atoms in total. The Morgan fingerprint density at radius 3 is 2.80 bits per heavy atom. The van der Waals surface area contributed by atoms with E-state index >= 15 is 0 Å². The van der Waals surface area contributed by atoms with Crippen molar-refractivity contribution >= 4 is 41.3 Å². The molecule has 8 heteroatoms. The van der Waals surface area contributed by atoms with Gasteiger partial charge in [-0.05, 0) is 26.0 Å². The van der Waals surface area contributed by atoms with E-state index in [-0.39, 0.29) is 35.5 Å². The van der Waals surface area contributed by atoms with Crippen molar-refractivity contribution in [2.45, 2.75) is 20.4 Å². The highest BCUT2D eigenvalue weighted by Gasteiger charge is 2.08. The summed E-state index contributed by atoms with van der Waals surface area (Å²) in [6, 6.07) is 6.41. The predicted octanol–water partition coefficient (Wildman–Crippen LogP) is 3.68. The molecular formula is C17H24FIN4OS. The largest absolute Gasteiger partial charge is 0.489 e. The molecule has 0 saturated carbocycles. The number of thiazole rings is 1. The molecule has 1 aromatic heterocycles. The third-order valence-corrected chi connectivity index (χ3v) is 4.15. The van der Waals surface area contributed by atoms with Gasteiger partial charge in [-0.2, -0.15) is 0 Å². The molecule has 0 atom stereocenters. The molecule has 1 N–H and O–H groups in total. The second-order valence-corrected chi connectivity index (χ2v) is 6.55. The van der Waals surface area contributed by atoms with Crippen LogP contribution in [0.25, 0.3) is 0 Å². The van der Waals surface area contributed by atoms with Crippen LogP contribution in [0, 0.1) is 12.7 Å². The minimum Gasteiger partial charge on any atom is -0.489 e. The van der Waals surface area contributed by atoms with Crippen LogP contribution in [0.3, 0.4) is 0 Å². The number of ether oxygens (including phenoxy) is 1. The Hall–Kier alpha value is -1.42. The molecule has 0 saturated heterocycles. The normalized spacial score (nSPS) is 11.0. The summed E-state index contributed by atoms with van der Waals surface area (Å²) in [4.78, 5) is 12.0. The van der Waals surface area contributed by atoms with E-state index in [2.05, 4.69) is 15.3 Å². The summed E-state index contributed by atoms with van der Waals surface area (Å²) >= 11 is 1.65. The Morgan fingerprint density at radius 1 is 1.40 bits per heavy atom. The Morgan fingerprint density at radius 2 is 2.16 bits per heavy atom. The summed E-state index contributed by atoms with van der Waals surface area (Å²) in [6.45, 7) is 6.33. The van der Waals surface area contributed by atoms with E-state index in [1.165, 1.54) is 10.9 Å². The number of hydrogen-bond acceptors (Lipinski definition) is 4. The number of hydrogen-bond donors (Lipinski definition) is 1. The van der Waals surface area contributed by atoms with E-state index in [1.807, 2.05) is 32.0 Å². The third-order valence-electron chi connectivity index (χ3n) is 3.25. The van der Waals surface area contributed by atoms with E-state index in [1.54, 1.807) is 29.5 Å². The minimum atomic E-state index is -0.347. The van der Waals surface area contributed by atoms with Gasteiger partial charge in [-0.15, -0.1) is 35.3 Å². The van der Waals surface area contributed by atoms with Gasteiger partial charge in [-0.1, -0.05) is 12.1 Å². The number of aliphatic imine (C=N–C) groups is 1. The summed E-state index contributed by atoms with van der Waals surface area (Å²) < 4.78 is 19.0. The Bertz CT molecular complexity index is 680. The van der Waals surface area contributed by atoms with Gasteiger partial charge in [0.05, 0.1) is 13.1 Å². The number of halogens is 2. The second kappa shape index (κ2) is 11.2. The van der Waals surface area contributed by atoms with Gasteiger partial charge in [0.1, 0.15) is 11.6 Å². The number of rotatable bonds is 7. The molecule has 0 aliphatic rings. The smallest absolute Gasteiger partial charge is 0.194 e. The van der Waals surface area contributed by atoms with Crippen molar-refractivity contribution in [1.29, 1.82) is 0 Å². The number of likely N-dealkylation sites (N-methyl/N-ethyl adjacent to an activating group) is 1. The van der Waals surface area contributed by atoms with Crippen molar-refractivity contribution in [3.8, 4) is 5.75 Å². The molecule has 0 spiro atoms. The van der Waals surface area contributed by atoms with Crippen LogP contribution in [0.15, 0.2) is 35.5 Å². The van der Waals surface area contributed by atoms with Gasteiger partial charge >= 0.3 is 0 Å². The van der Waals surface area contributed by atoms with Crippen LogP contribution in [-0.4, -0.2) is 42.6 Å². The molecular weight excluding hydrogens is 454 g/mol. The van der Waals surface area contributed by atoms with Crippen molar-refractivity contribution in [3.05, 3.63) is 46.2 Å². The Labute approximate surface area is 169 Å². The average Bonchev–Trinajstić information content (AvgIpc) is 2.98. The highest BCUT2D eigenvalue weighted by molar-refractivity contribution is 14.0. The predicted molar refractivity (Wildman–Crippen MR) is 112 cm³/mol. The van der Waals surface area contributed by atoms with Crippen molar-refractivity contribution in [3.63, 3.8) is 0 Å². The van der Waals surface area contributed by atoms with Crippen molar-refractivity contribution < 1.29 is 9.13 Å². The Kier molecular flexibility index (Phi) is 9.73. The number of nitrogens with zero attached hydrogens (tertiary/aromatic N) is 3. The maximum absolute atomic E-state index is 13.5. The lowest BCUT2D eigenvalue weighted by molar-refractivity contribution is 0.270. The fourth-order valence-corrected chi connectivity index (χ4v) is 2.76. The zero-order chi connectivity index (χ0) is 17.4. The maximum Gasteiger partial charge on any atom is 0.194 e. The number of aryl methyl sites for hydroxylation is 1. The molecule has 1 heterocycles. The molecule has 0 bridgehead atoms. The fourth-order valence-electron chi connectivity index (χ4n) is 2.05. The standard InChI is InChI=1S/C17H23FN4OS.HI/c1-4-19-17(21-12-16-20-11-13(2)24-16)22(3)9-10-23-15-8-6-5-7-14(15)18;/h5-8,11H,4,9-10,12H2,1-3H3,(H,19,21);1H. The number of para-hydroxylation sites is 1. The van der Waals surface area contributed by atoms with E-state index < -0.39 is 0 Å². The van der Waals surface area contributed by atoms with Gasteiger partial charge in [0.25, 0.3) is 0 Å². The van der Waals surface area contributed by atoms with Crippen molar-refractivity contribution in [1.82, 2.24) is 15.2 Å². The number of aromatic nitrogens is 1. The molecule has 2 aromatic rings. The van der Waals surface area contributed by atoms with E-state index in [4.69, 9.17) is 4.74 Å². The van der Waals surface area contributed by atoms with Gasteiger partial charge in [-0.25, -0.2) is 14.4 Å². The first-order chi connectivity index (χ1) is 11.6. The summed E-state index contributed by atoms with van der Waals surface area (Å²) in [7, 11) is 1.93. The van der Waals surface area contributed by atoms with Gasteiger partial charge in [0.2, 0.25) is 0 Å². The summed E-state index contributed by atoms with van der Waals surface area (Å²) in [5.41, 5.74) is 0. The lowest BCUT2D eigenvalue weighted by atomic mass is 10.3. The maximum atomic E-state index is 13.5. The quantitative estimate of drug-likeness (QED) is 0.375. The lowest BCUT2D eigenvalue weighted by Gasteiger charge is -2.22. The average molecular weight is 478 g/mol. The van der Waals surface area contributed by atoms with E-state index in [9.17, 15) is 4.39 Å². The molecule has 138 valence electrons. The SMILES string of the molecule is CCNC(=NCc1ncc(C)s1)N(C)CCOc1ccccc1F.I. The van der Waals surface area contributed by atoms with Gasteiger partial charge in [0, 0.05) is 24.7 Å². The second-order valence-electron chi connectivity index (χ2n) is 5.24. The first kappa shape index (κ1) is 21.6. The van der Waals surface area contributed by atoms with Gasteiger partial charge < -0.3 is 15.0 Å².